The summed E-state index contributed by atoms with van der Waals surface area (Å²) in [6, 6.07) is 7.30. The molecule has 3 aromatic rings. The number of ether oxygens (including phenoxy) is 3. The van der Waals surface area contributed by atoms with Gasteiger partial charge in [0.15, 0.2) is 5.75 Å². The van der Waals surface area contributed by atoms with Crippen LogP contribution in [-0.2, 0) is 11.2 Å². The summed E-state index contributed by atoms with van der Waals surface area (Å²) >= 11 is 6.32. The summed E-state index contributed by atoms with van der Waals surface area (Å²) in [5, 5.41) is 6.78. The Labute approximate surface area is 190 Å². The highest BCUT2D eigenvalue weighted by Crippen LogP contribution is 2.42. The Morgan fingerprint density at radius 1 is 1.34 bits per heavy atom. The Bertz CT molecular complexity index is 1160. The number of hydrogen-bond acceptors (Lipinski definition) is 6. The molecule has 32 heavy (non-hydrogen) atoms. The van der Waals surface area contributed by atoms with Crippen LogP contribution in [0, 0.1) is 0 Å². The third-order valence-corrected chi connectivity index (χ3v) is 5.97. The summed E-state index contributed by atoms with van der Waals surface area (Å²) in [6.07, 6.45) is 5.15. The summed E-state index contributed by atoms with van der Waals surface area (Å²) < 4.78 is 17.0. The molecule has 1 fully saturated rings. The van der Waals surface area contributed by atoms with E-state index in [0.29, 0.717) is 53.0 Å². The van der Waals surface area contributed by atoms with Crippen molar-refractivity contribution in [1.29, 1.82) is 0 Å². The maximum Gasteiger partial charge on any atom is 0.255 e. The number of aromatic amines is 1. The molecule has 8 nitrogen and oxygen atoms in total. The van der Waals surface area contributed by atoms with Gasteiger partial charge in [-0.1, -0.05) is 17.7 Å². The van der Waals surface area contributed by atoms with Crippen LogP contribution < -0.4 is 20.1 Å². The number of rotatable bonds is 7. The summed E-state index contributed by atoms with van der Waals surface area (Å²) in [6.45, 7) is 1.79. The number of para-hydroxylation sites is 1. The number of benzene rings is 1. The number of nitrogens with zero attached hydrogens (tertiary/aromatic N) is 1. The van der Waals surface area contributed by atoms with Gasteiger partial charge in [0.25, 0.3) is 5.91 Å². The molecule has 0 radical (unpaired) electrons. The van der Waals surface area contributed by atoms with E-state index in [0.717, 1.165) is 30.0 Å². The van der Waals surface area contributed by atoms with Crippen LogP contribution in [0.25, 0.3) is 11.3 Å². The van der Waals surface area contributed by atoms with Crippen molar-refractivity contribution in [2.75, 3.05) is 32.2 Å². The number of anilines is 2. The molecule has 0 saturated carbocycles. The topological polar surface area (TPSA) is 97.5 Å². The van der Waals surface area contributed by atoms with Crippen molar-refractivity contribution in [3.05, 3.63) is 52.9 Å². The van der Waals surface area contributed by atoms with Crippen molar-refractivity contribution in [2.45, 2.75) is 18.9 Å². The third kappa shape index (κ3) is 3.76. The van der Waals surface area contributed by atoms with Crippen LogP contribution in [0.4, 0.5) is 11.4 Å². The minimum atomic E-state index is -0.142. The molecule has 0 bridgehead atoms. The fourth-order valence-corrected chi connectivity index (χ4v) is 4.21. The lowest BCUT2D eigenvalue weighted by Crippen LogP contribution is -2.32. The molecular formula is C23H23ClN4O4. The first-order valence-corrected chi connectivity index (χ1v) is 10.8. The van der Waals surface area contributed by atoms with Crippen molar-refractivity contribution >= 4 is 28.9 Å². The fraction of sp³-hybridized carbons (Fsp3) is 0.304. The van der Waals surface area contributed by atoms with Gasteiger partial charge in [0, 0.05) is 43.4 Å². The van der Waals surface area contributed by atoms with Crippen LogP contribution in [0.2, 0.25) is 5.02 Å². The second kappa shape index (κ2) is 8.72. The van der Waals surface area contributed by atoms with Gasteiger partial charge in [0.1, 0.15) is 12.4 Å². The van der Waals surface area contributed by atoms with Crippen LogP contribution in [0.1, 0.15) is 22.5 Å². The highest BCUT2D eigenvalue weighted by molar-refractivity contribution is 6.32. The van der Waals surface area contributed by atoms with Crippen molar-refractivity contribution in [3.8, 4) is 22.8 Å². The average Bonchev–Trinajstić information content (AvgIpc) is 3.12. The van der Waals surface area contributed by atoms with E-state index in [1.165, 1.54) is 0 Å². The van der Waals surface area contributed by atoms with E-state index in [9.17, 15) is 4.79 Å². The van der Waals surface area contributed by atoms with Gasteiger partial charge in [-0.2, -0.15) is 0 Å². The molecule has 1 saturated heterocycles. The number of aromatic nitrogens is 2. The minimum absolute atomic E-state index is 0.0963. The first kappa shape index (κ1) is 20.7. The molecule has 1 atom stereocenters. The quantitative estimate of drug-likeness (QED) is 0.500. The first-order valence-electron chi connectivity index (χ1n) is 10.5. The zero-order valence-corrected chi connectivity index (χ0v) is 18.3. The van der Waals surface area contributed by atoms with Crippen molar-refractivity contribution in [2.24, 2.45) is 0 Å². The second-order valence-electron chi connectivity index (χ2n) is 7.64. The smallest absolute Gasteiger partial charge is 0.255 e. The lowest BCUT2D eigenvalue weighted by molar-refractivity contribution is -0.0720. The molecule has 2 aliphatic heterocycles. The molecule has 0 spiro atoms. The summed E-state index contributed by atoms with van der Waals surface area (Å²) in [5.74, 6) is 0.972. The van der Waals surface area contributed by atoms with E-state index in [2.05, 4.69) is 20.6 Å². The molecule has 1 aromatic carbocycles. The van der Waals surface area contributed by atoms with Gasteiger partial charge in [-0.3, -0.25) is 9.78 Å². The third-order valence-electron chi connectivity index (χ3n) is 5.67. The molecule has 166 valence electrons. The normalized spacial score (nSPS) is 17.2. The molecule has 4 heterocycles. The standard InChI is InChI=1S/C23H23ClN4O4/c1-30-22-15(24)3-2-4-17(22)28-21-19-16(6-9-26-23(19)29)27-20(21)14-5-8-25-11-18(14)32-12-13-7-10-31-13/h2-5,8,11,13,27-28H,6-7,9-10,12H2,1H3,(H,26,29)/t13-/m1/s1. The highest BCUT2D eigenvalue weighted by atomic mass is 35.5. The Morgan fingerprint density at radius 3 is 3.00 bits per heavy atom. The van der Waals surface area contributed by atoms with E-state index >= 15 is 0 Å². The number of H-pyrrole nitrogens is 1. The van der Waals surface area contributed by atoms with Crippen LogP contribution in [0.15, 0.2) is 36.7 Å². The molecule has 0 unspecified atom stereocenters. The maximum absolute atomic E-state index is 12.8. The van der Waals surface area contributed by atoms with E-state index < -0.39 is 0 Å². The predicted molar refractivity (Wildman–Crippen MR) is 121 cm³/mol. The van der Waals surface area contributed by atoms with E-state index in [1.807, 2.05) is 18.2 Å². The first-order chi connectivity index (χ1) is 15.7. The maximum atomic E-state index is 12.8. The molecular weight excluding hydrogens is 432 g/mol. The molecule has 2 aromatic heterocycles. The average molecular weight is 455 g/mol. The largest absolute Gasteiger partial charge is 0.493 e. The number of halogens is 1. The SMILES string of the molecule is COc1c(Cl)cccc1Nc1c(-c2ccncc2OC[C@H]2CCO2)[nH]c2c1C(=O)NCC2. The number of fused-ring (bicyclic) bond motifs is 1. The zero-order chi connectivity index (χ0) is 22.1. The minimum Gasteiger partial charge on any atom is -0.493 e. The van der Waals surface area contributed by atoms with Crippen LogP contribution in [0.5, 0.6) is 11.5 Å². The van der Waals surface area contributed by atoms with Gasteiger partial charge in [-0.25, -0.2) is 0 Å². The van der Waals surface area contributed by atoms with Crippen molar-refractivity contribution in [3.63, 3.8) is 0 Å². The van der Waals surface area contributed by atoms with E-state index in [1.54, 1.807) is 25.6 Å². The van der Waals surface area contributed by atoms with Crippen LogP contribution in [-0.4, -0.2) is 48.8 Å². The molecule has 0 aliphatic carbocycles. The number of nitrogens with one attached hydrogen (secondary N) is 3. The summed E-state index contributed by atoms with van der Waals surface area (Å²) in [7, 11) is 1.56. The number of carbonyl (C=O) groups is 1. The number of pyridine rings is 1. The van der Waals surface area contributed by atoms with E-state index in [4.69, 9.17) is 25.8 Å². The Balaban J connectivity index is 1.60. The highest BCUT2D eigenvalue weighted by Gasteiger charge is 2.29. The van der Waals surface area contributed by atoms with Gasteiger partial charge in [0.05, 0.1) is 47.1 Å². The Morgan fingerprint density at radius 2 is 2.22 bits per heavy atom. The number of hydrogen-bond donors (Lipinski definition) is 3. The zero-order valence-electron chi connectivity index (χ0n) is 17.5. The summed E-state index contributed by atoms with van der Waals surface area (Å²) in [5.41, 5.74) is 4.25. The van der Waals surface area contributed by atoms with Gasteiger partial charge < -0.3 is 29.8 Å². The predicted octanol–water partition coefficient (Wildman–Crippen LogP) is 3.94. The Hall–Kier alpha value is -3.23. The molecule has 9 heteroatoms. The van der Waals surface area contributed by atoms with Crippen LogP contribution in [0.3, 0.4) is 0 Å². The number of carbonyl (C=O) groups excluding carboxylic acids is 1. The lowest BCUT2D eigenvalue weighted by atomic mass is 10.0. The molecule has 5 rings (SSSR count). The van der Waals surface area contributed by atoms with Crippen LogP contribution >= 0.6 is 11.6 Å². The molecule has 1 amide bonds. The fourth-order valence-electron chi connectivity index (χ4n) is 3.96. The van der Waals surface area contributed by atoms with Crippen molar-refractivity contribution < 1.29 is 19.0 Å². The lowest BCUT2D eigenvalue weighted by Gasteiger charge is -2.26. The Kier molecular flexibility index (Phi) is 5.63. The van der Waals surface area contributed by atoms with Gasteiger partial charge in [-0.05, 0) is 18.2 Å². The van der Waals surface area contributed by atoms with Crippen molar-refractivity contribution in [1.82, 2.24) is 15.3 Å². The molecule has 3 N–H and O–H groups in total. The van der Waals surface area contributed by atoms with Gasteiger partial charge in [0.2, 0.25) is 0 Å². The van der Waals surface area contributed by atoms with Gasteiger partial charge >= 0.3 is 0 Å². The van der Waals surface area contributed by atoms with Gasteiger partial charge in [-0.15, -0.1) is 0 Å². The number of methoxy groups -OCH3 is 1. The molecule has 2 aliphatic rings. The second-order valence-corrected chi connectivity index (χ2v) is 8.05. The number of amides is 1. The monoisotopic (exact) mass is 454 g/mol. The summed E-state index contributed by atoms with van der Waals surface area (Å²) in [4.78, 5) is 20.5. The van der Waals surface area contributed by atoms with E-state index in [-0.39, 0.29) is 12.0 Å².